The normalized spacial score (nSPS) is 16.6. The van der Waals surface area contributed by atoms with Crippen LogP contribution in [0.4, 0.5) is 24.7 Å². The Morgan fingerprint density at radius 1 is 1.27 bits per heavy atom. The summed E-state index contributed by atoms with van der Waals surface area (Å²) in [7, 11) is 0. The fourth-order valence-corrected chi connectivity index (χ4v) is 4.00. The lowest BCUT2D eigenvalue weighted by Crippen LogP contribution is -2.36. The molecule has 1 saturated heterocycles. The number of alkyl halides is 3. The van der Waals surface area contributed by atoms with Gasteiger partial charge < -0.3 is 15.0 Å². The Morgan fingerprint density at radius 2 is 2.03 bits per heavy atom. The SMILES string of the molecule is CC(C)C(=O)Nc1cc(C(=O)C[C@@H]2CCCN(c3ccc(OC(F)(F)F)cc3Cl)C2)ccn1. The summed E-state index contributed by atoms with van der Waals surface area (Å²) in [6.45, 7) is 4.77. The molecular weight excluding hydrogens is 459 g/mol. The number of ether oxygens (including phenoxy) is 1. The minimum absolute atomic E-state index is 0.0512. The lowest BCUT2D eigenvalue weighted by Gasteiger charge is -2.34. The molecule has 0 radical (unpaired) electrons. The van der Waals surface area contributed by atoms with Gasteiger partial charge in [-0.25, -0.2) is 4.98 Å². The van der Waals surface area contributed by atoms with Crippen molar-refractivity contribution in [2.24, 2.45) is 11.8 Å². The summed E-state index contributed by atoms with van der Waals surface area (Å²) >= 11 is 6.22. The van der Waals surface area contributed by atoms with E-state index in [1.54, 1.807) is 26.0 Å². The van der Waals surface area contributed by atoms with Crippen molar-refractivity contribution in [2.45, 2.75) is 39.5 Å². The number of nitrogens with one attached hydrogen (secondary N) is 1. The van der Waals surface area contributed by atoms with Crippen LogP contribution in [0.1, 0.15) is 43.5 Å². The van der Waals surface area contributed by atoms with E-state index in [0.717, 1.165) is 18.9 Å². The molecule has 0 unspecified atom stereocenters. The highest BCUT2D eigenvalue weighted by Gasteiger charge is 2.31. The summed E-state index contributed by atoms with van der Waals surface area (Å²) in [6, 6.07) is 7.06. The number of benzene rings is 1. The first-order valence-electron chi connectivity index (χ1n) is 10.6. The average Bonchev–Trinajstić information content (AvgIpc) is 2.73. The van der Waals surface area contributed by atoms with Crippen LogP contribution in [-0.2, 0) is 4.79 Å². The largest absolute Gasteiger partial charge is 0.573 e. The summed E-state index contributed by atoms with van der Waals surface area (Å²) in [6.07, 6.45) is -1.34. The maximum absolute atomic E-state index is 12.9. The lowest BCUT2D eigenvalue weighted by atomic mass is 9.90. The fourth-order valence-electron chi connectivity index (χ4n) is 3.71. The van der Waals surface area contributed by atoms with Crippen LogP contribution in [-0.4, -0.2) is 36.1 Å². The third-order valence-electron chi connectivity index (χ3n) is 5.34. The second-order valence-corrected chi connectivity index (χ2v) is 8.72. The quantitative estimate of drug-likeness (QED) is 0.510. The Bertz CT molecular complexity index is 1010. The molecule has 10 heteroatoms. The number of hydrogen-bond acceptors (Lipinski definition) is 5. The molecule has 0 aliphatic carbocycles. The topological polar surface area (TPSA) is 71.5 Å². The maximum atomic E-state index is 12.9. The van der Waals surface area contributed by atoms with Crippen molar-refractivity contribution in [3.05, 3.63) is 47.1 Å². The number of halogens is 4. The van der Waals surface area contributed by atoms with Gasteiger partial charge in [-0.3, -0.25) is 9.59 Å². The van der Waals surface area contributed by atoms with Crippen LogP contribution in [0.15, 0.2) is 36.5 Å². The molecule has 3 rings (SSSR count). The van der Waals surface area contributed by atoms with E-state index in [2.05, 4.69) is 15.0 Å². The Balaban J connectivity index is 1.64. The van der Waals surface area contributed by atoms with Crippen LogP contribution in [0.25, 0.3) is 0 Å². The number of aromatic nitrogens is 1. The molecule has 1 atom stereocenters. The smallest absolute Gasteiger partial charge is 0.406 e. The van der Waals surface area contributed by atoms with Crippen LogP contribution in [0.5, 0.6) is 5.75 Å². The number of piperidine rings is 1. The van der Waals surface area contributed by atoms with Crippen molar-refractivity contribution in [2.75, 3.05) is 23.3 Å². The molecule has 1 amide bonds. The highest BCUT2D eigenvalue weighted by atomic mass is 35.5. The molecule has 1 fully saturated rings. The zero-order valence-electron chi connectivity index (χ0n) is 18.3. The molecule has 2 aromatic rings. The van der Waals surface area contributed by atoms with Crippen LogP contribution < -0.4 is 15.0 Å². The summed E-state index contributed by atoms with van der Waals surface area (Å²) < 4.78 is 41.2. The summed E-state index contributed by atoms with van der Waals surface area (Å²) in [5.74, 6) is -0.450. The summed E-state index contributed by atoms with van der Waals surface area (Å²) in [5.41, 5.74) is 1.07. The molecule has 33 heavy (non-hydrogen) atoms. The van der Waals surface area contributed by atoms with Crippen molar-refractivity contribution < 1.29 is 27.5 Å². The number of rotatable bonds is 7. The van der Waals surface area contributed by atoms with Gasteiger partial charge in [-0.05, 0) is 43.0 Å². The average molecular weight is 484 g/mol. The standard InChI is InChI=1S/C23H25ClF3N3O3/c1-14(2)22(32)29-21-11-16(7-8-28-21)20(31)10-15-4-3-9-30(13-15)19-6-5-17(12-18(19)24)33-23(25,26)27/h5-8,11-12,14-15H,3-4,9-10,13H2,1-2H3,(H,28,29,32)/t15-/m0/s1. The molecule has 1 aliphatic heterocycles. The van der Waals surface area contributed by atoms with Gasteiger partial charge in [0.15, 0.2) is 5.78 Å². The molecular formula is C23H25ClF3N3O3. The molecule has 0 saturated carbocycles. The first-order valence-corrected chi connectivity index (χ1v) is 11.0. The van der Waals surface area contributed by atoms with Gasteiger partial charge in [0.05, 0.1) is 10.7 Å². The van der Waals surface area contributed by atoms with E-state index in [9.17, 15) is 22.8 Å². The van der Waals surface area contributed by atoms with E-state index < -0.39 is 6.36 Å². The molecule has 1 aliphatic rings. The molecule has 1 N–H and O–H groups in total. The number of amides is 1. The number of nitrogens with zero attached hydrogens (tertiary/aromatic N) is 2. The summed E-state index contributed by atoms with van der Waals surface area (Å²) in [5, 5.41) is 2.84. The number of ketones is 1. The number of carbonyl (C=O) groups is 2. The van der Waals surface area contributed by atoms with Crippen LogP contribution in [0.3, 0.4) is 0 Å². The first-order chi connectivity index (χ1) is 15.5. The van der Waals surface area contributed by atoms with E-state index in [-0.39, 0.29) is 34.3 Å². The van der Waals surface area contributed by atoms with E-state index >= 15 is 0 Å². The van der Waals surface area contributed by atoms with E-state index in [0.29, 0.717) is 36.6 Å². The van der Waals surface area contributed by atoms with Crippen LogP contribution in [0.2, 0.25) is 5.02 Å². The van der Waals surface area contributed by atoms with Gasteiger partial charge in [0, 0.05) is 43.3 Å². The van der Waals surface area contributed by atoms with E-state index in [1.165, 1.54) is 18.3 Å². The van der Waals surface area contributed by atoms with E-state index in [4.69, 9.17) is 11.6 Å². The maximum Gasteiger partial charge on any atom is 0.573 e. The molecule has 2 heterocycles. The van der Waals surface area contributed by atoms with Gasteiger partial charge >= 0.3 is 6.36 Å². The fraction of sp³-hybridized carbons (Fsp3) is 0.435. The Morgan fingerprint density at radius 3 is 2.70 bits per heavy atom. The molecule has 1 aromatic heterocycles. The van der Waals surface area contributed by atoms with Gasteiger partial charge in [-0.15, -0.1) is 13.2 Å². The number of carbonyl (C=O) groups excluding carboxylic acids is 2. The zero-order chi connectivity index (χ0) is 24.2. The minimum atomic E-state index is -4.79. The Kier molecular flexibility index (Phi) is 7.84. The Labute approximate surface area is 195 Å². The van der Waals surface area contributed by atoms with Crippen molar-refractivity contribution in [3.63, 3.8) is 0 Å². The monoisotopic (exact) mass is 483 g/mol. The van der Waals surface area contributed by atoms with Gasteiger partial charge in [-0.1, -0.05) is 25.4 Å². The van der Waals surface area contributed by atoms with Gasteiger partial charge in [0.25, 0.3) is 0 Å². The number of anilines is 2. The molecule has 1 aromatic carbocycles. The highest BCUT2D eigenvalue weighted by molar-refractivity contribution is 6.33. The van der Waals surface area contributed by atoms with Crippen molar-refractivity contribution in [3.8, 4) is 5.75 Å². The first kappa shape index (κ1) is 24.8. The van der Waals surface area contributed by atoms with Crippen molar-refractivity contribution in [1.82, 2.24) is 4.98 Å². The number of hydrogen-bond donors (Lipinski definition) is 1. The third-order valence-corrected chi connectivity index (χ3v) is 5.65. The van der Waals surface area contributed by atoms with Crippen LogP contribution >= 0.6 is 11.6 Å². The molecule has 0 spiro atoms. The lowest BCUT2D eigenvalue weighted by molar-refractivity contribution is -0.274. The summed E-state index contributed by atoms with van der Waals surface area (Å²) in [4.78, 5) is 30.8. The van der Waals surface area contributed by atoms with Crippen molar-refractivity contribution in [1.29, 1.82) is 0 Å². The van der Waals surface area contributed by atoms with Crippen LogP contribution in [0, 0.1) is 11.8 Å². The zero-order valence-corrected chi connectivity index (χ0v) is 19.0. The van der Waals surface area contributed by atoms with Gasteiger partial charge in [0.1, 0.15) is 11.6 Å². The van der Waals surface area contributed by atoms with Gasteiger partial charge in [-0.2, -0.15) is 0 Å². The van der Waals surface area contributed by atoms with Gasteiger partial charge in [0.2, 0.25) is 5.91 Å². The Hall–Kier alpha value is -2.81. The minimum Gasteiger partial charge on any atom is -0.406 e. The third kappa shape index (κ3) is 7.08. The van der Waals surface area contributed by atoms with E-state index in [1.807, 2.05) is 4.90 Å². The number of Topliss-reactive ketones (excluding diaryl/α,β-unsaturated/α-hetero) is 1. The molecule has 178 valence electrons. The second-order valence-electron chi connectivity index (χ2n) is 8.32. The predicted octanol–water partition coefficient (Wildman–Crippen LogP) is 5.72. The molecule has 6 nitrogen and oxygen atoms in total. The van der Waals surface area contributed by atoms with Crippen molar-refractivity contribution >= 4 is 34.8 Å². The molecule has 0 bridgehead atoms. The predicted molar refractivity (Wildman–Crippen MR) is 120 cm³/mol. The second kappa shape index (κ2) is 10.4. The number of pyridine rings is 1. The highest BCUT2D eigenvalue weighted by Crippen LogP contribution is 2.35.